The Kier molecular flexibility index (Phi) is 3.96. The van der Waals surface area contributed by atoms with E-state index in [-0.39, 0.29) is 22.5 Å². The number of carbonyl (C=O) groups excluding carboxylic acids is 2. The Morgan fingerprint density at radius 3 is 2.55 bits per heavy atom. The van der Waals surface area contributed by atoms with Crippen LogP contribution in [-0.2, 0) is 9.59 Å². The molecule has 3 unspecified atom stereocenters. The van der Waals surface area contributed by atoms with E-state index in [9.17, 15) is 9.59 Å². The molecule has 1 saturated carbocycles. The van der Waals surface area contributed by atoms with Crippen molar-refractivity contribution >= 4 is 11.6 Å². The summed E-state index contributed by atoms with van der Waals surface area (Å²) in [4.78, 5) is 24.0. The number of ketones is 2. The van der Waals surface area contributed by atoms with Gasteiger partial charge in [-0.1, -0.05) is 32.8 Å². The van der Waals surface area contributed by atoms with Gasteiger partial charge in [0.15, 0.2) is 5.78 Å². The number of Topliss-reactive ketones (excluding diaryl/α,β-unsaturated/α-hetero) is 1. The fourth-order valence-corrected chi connectivity index (χ4v) is 5.03. The van der Waals surface area contributed by atoms with Gasteiger partial charge in [-0.05, 0) is 55.9 Å². The lowest BCUT2D eigenvalue weighted by molar-refractivity contribution is -0.136. The van der Waals surface area contributed by atoms with Crippen molar-refractivity contribution in [2.75, 3.05) is 0 Å². The molecule has 0 saturated heterocycles. The van der Waals surface area contributed by atoms with Crippen molar-refractivity contribution in [1.82, 2.24) is 0 Å². The summed E-state index contributed by atoms with van der Waals surface area (Å²) in [6.07, 6.45) is 6.83. The van der Waals surface area contributed by atoms with Crippen molar-refractivity contribution in [2.24, 2.45) is 22.7 Å². The summed E-state index contributed by atoms with van der Waals surface area (Å²) in [7, 11) is 0. The zero-order valence-corrected chi connectivity index (χ0v) is 13.6. The van der Waals surface area contributed by atoms with Crippen LogP contribution < -0.4 is 0 Å². The van der Waals surface area contributed by atoms with Crippen LogP contribution in [-0.4, -0.2) is 11.6 Å². The maximum Gasteiger partial charge on any atom is 0.159 e. The molecule has 0 bridgehead atoms. The van der Waals surface area contributed by atoms with Gasteiger partial charge in [-0.3, -0.25) is 4.79 Å². The second kappa shape index (κ2) is 5.13. The number of rotatable bonds is 3. The molecule has 0 N–H and O–H groups in total. The molecule has 0 amide bonds. The molecular weight excluding hydrogens is 248 g/mol. The van der Waals surface area contributed by atoms with Crippen molar-refractivity contribution in [1.29, 1.82) is 0 Å². The van der Waals surface area contributed by atoms with Crippen LogP contribution in [0.25, 0.3) is 0 Å². The van der Waals surface area contributed by atoms with E-state index in [1.165, 1.54) is 12.0 Å². The highest BCUT2D eigenvalue weighted by Crippen LogP contribution is 2.59. The highest BCUT2D eigenvalue weighted by molar-refractivity contribution is 5.95. The highest BCUT2D eigenvalue weighted by Gasteiger charge is 2.55. The third-order valence-electron chi connectivity index (χ3n) is 5.76. The summed E-state index contributed by atoms with van der Waals surface area (Å²) in [5.74, 6) is 1.07. The van der Waals surface area contributed by atoms with Crippen LogP contribution >= 0.6 is 0 Å². The SMILES string of the molecule is CC(=O)CCC1C(C)=CC(=O)C2C(C)(C)CCCC12C. The maximum atomic E-state index is 12.6. The summed E-state index contributed by atoms with van der Waals surface area (Å²) in [5, 5.41) is 0. The molecule has 2 nitrogen and oxygen atoms in total. The average Bonchev–Trinajstić information content (AvgIpc) is 2.25. The van der Waals surface area contributed by atoms with E-state index in [1.807, 2.05) is 6.08 Å². The van der Waals surface area contributed by atoms with Gasteiger partial charge in [-0.25, -0.2) is 0 Å². The summed E-state index contributed by atoms with van der Waals surface area (Å²) in [6, 6.07) is 0. The molecule has 3 atom stereocenters. The van der Waals surface area contributed by atoms with E-state index in [0.717, 1.165) is 19.3 Å². The van der Waals surface area contributed by atoms with Gasteiger partial charge in [0.05, 0.1) is 0 Å². The Hall–Kier alpha value is -0.920. The second-order valence-electron chi connectivity index (χ2n) is 7.86. The quantitative estimate of drug-likeness (QED) is 0.768. The van der Waals surface area contributed by atoms with Gasteiger partial charge < -0.3 is 4.79 Å². The monoisotopic (exact) mass is 276 g/mol. The fourth-order valence-electron chi connectivity index (χ4n) is 5.03. The lowest BCUT2D eigenvalue weighted by Gasteiger charge is -2.55. The molecule has 0 radical (unpaired) electrons. The molecule has 2 aliphatic carbocycles. The van der Waals surface area contributed by atoms with Crippen LogP contribution in [0, 0.1) is 22.7 Å². The molecule has 0 aliphatic heterocycles. The summed E-state index contributed by atoms with van der Waals surface area (Å²) >= 11 is 0. The van der Waals surface area contributed by atoms with Gasteiger partial charge in [-0.2, -0.15) is 0 Å². The molecule has 0 aromatic heterocycles. The van der Waals surface area contributed by atoms with Gasteiger partial charge in [0.25, 0.3) is 0 Å². The molecule has 2 aliphatic rings. The van der Waals surface area contributed by atoms with Crippen LogP contribution in [0.2, 0.25) is 0 Å². The summed E-state index contributed by atoms with van der Waals surface area (Å²) < 4.78 is 0. The van der Waals surface area contributed by atoms with Gasteiger partial charge in [0.2, 0.25) is 0 Å². The predicted molar refractivity (Wildman–Crippen MR) is 81.4 cm³/mol. The third kappa shape index (κ3) is 2.49. The fraction of sp³-hybridized carbons (Fsp3) is 0.778. The normalized spacial score (nSPS) is 36.2. The molecule has 0 aromatic carbocycles. The van der Waals surface area contributed by atoms with E-state index in [4.69, 9.17) is 0 Å². The molecule has 0 spiro atoms. The lowest BCUT2D eigenvalue weighted by atomic mass is 9.48. The van der Waals surface area contributed by atoms with Gasteiger partial charge in [0.1, 0.15) is 5.78 Å². The summed E-state index contributed by atoms with van der Waals surface area (Å²) in [5.41, 5.74) is 1.30. The predicted octanol–water partition coefficient (Wildman–Crippen LogP) is 4.33. The summed E-state index contributed by atoms with van der Waals surface area (Å²) in [6.45, 7) is 10.5. The number of hydrogen-bond donors (Lipinski definition) is 0. The number of fused-ring (bicyclic) bond motifs is 1. The first-order chi connectivity index (χ1) is 9.18. The lowest BCUT2D eigenvalue weighted by Crippen LogP contribution is -2.52. The molecule has 2 heteroatoms. The van der Waals surface area contributed by atoms with Gasteiger partial charge in [0, 0.05) is 12.3 Å². The first-order valence-corrected chi connectivity index (χ1v) is 7.90. The van der Waals surface area contributed by atoms with E-state index >= 15 is 0 Å². The maximum absolute atomic E-state index is 12.6. The van der Waals surface area contributed by atoms with Gasteiger partial charge >= 0.3 is 0 Å². The van der Waals surface area contributed by atoms with Crippen LogP contribution in [0.3, 0.4) is 0 Å². The first kappa shape index (κ1) is 15.5. The second-order valence-corrected chi connectivity index (χ2v) is 7.86. The minimum Gasteiger partial charge on any atom is -0.300 e. The highest BCUT2D eigenvalue weighted by atomic mass is 16.1. The van der Waals surface area contributed by atoms with Crippen LogP contribution in [0.4, 0.5) is 0 Å². The first-order valence-electron chi connectivity index (χ1n) is 7.90. The average molecular weight is 276 g/mol. The van der Waals surface area contributed by atoms with Crippen molar-refractivity contribution in [3.05, 3.63) is 11.6 Å². The molecular formula is C18H28O2. The Balaban J connectivity index is 2.39. The molecule has 0 heterocycles. The standard InChI is InChI=1S/C18H28O2/c1-12-11-15(20)16-17(3,4)9-6-10-18(16,5)14(12)8-7-13(2)19/h11,14,16H,6-10H2,1-5H3. The molecule has 20 heavy (non-hydrogen) atoms. The van der Waals surface area contributed by atoms with Crippen molar-refractivity contribution < 1.29 is 9.59 Å². The van der Waals surface area contributed by atoms with Crippen molar-refractivity contribution in [3.63, 3.8) is 0 Å². The minimum atomic E-state index is 0.0348. The van der Waals surface area contributed by atoms with Crippen molar-refractivity contribution in [2.45, 2.75) is 66.7 Å². The molecule has 0 aromatic rings. The number of hydrogen-bond acceptors (Lipinski definition) is 2. The molecule has 2 rings (SSSR count). The smallest absolute Gasteiger partial charge is 0.159 e. The van der Waals surface area contributed by atoms with E-state index in [1.54, 1.807) is 6.92 Å². The van der Waals surface area contributed by atoms with Crippen LogP contribution in [0.5, 0.6) is 0 Å². The zero-order chi connectivity index (χ0) is 15.1. The topological polar surface area (TPSA) is 34.1 Å². The van der Waals surface area contributed by atoms with E-state index < -0.39 is 0 Å². The molecule has 1 fully saturated rings. The Morgan fingerprint density at radius 2 is 1.95 bits per heavy atom. The Morgan fingerprint density at radius 1 is 1.30 bits per heavy atom. The number of allylic oxidation sites excluding steroid dienone is 2. The minimum absolute atomic E-state index is 0.0348. The van der Waals surface area contributed by atoms with Crippen LogP contribution in [0.15, 0.2) is 11.6 Å². The number of carbonyl (C=O) groups is 2. The van der Waals surface area contributed by atoms with E-state index in [2.05, 4.69) is 27.7 Å². The van der Waals surface area contributed by atoms with Crippen LogP contribution in [0.1, 0.15) is 66.7 Å². The van der Waals surface area contributed by atoms with E-state index in [0.29, 0.717) is 18.1 Å². The largest absolute Gasteiger partial charge is 0.300 e. The zero-order valence-electron chi connectivity index (χ0n) is 13.6. The van der Waals surface area contributed by atoms with Gasteiger partial charge in [-0.15, -0.1) is 0 Å². The Labute approximate surface area is 123 Å². The molecule has 112 valence electrons. The van der Waals surface area contributed by atoms with Crippen molar-refractivity contribution in [3.8, 4) is 0 Å². The third-order valence-corrected chi connectivity index (χ3v) is 5.76. The Bertz CT molecular complexity index is 458.